The number of esters is 1. The smallest absolute Gasteiger partial charge is 0.370 e. The Morgan fingerprint density at radius 1 is 1.17 bits per heavy atom. The number of Topliss-reactive ketones (excluding diaryl/α,β-unsaturated/α-hetero) is 1. The number of carbonyl (C=O) groups excluding carboxylic acids is 3. The maximum Gasteiger partial charge on any atom is 0.370 e. The van der Waals surface area contributed by atoms with Crippen molar-refractivity contribution in [3.05, 3.63) is 0 Å². The summed E-state index contributed by atoms with van der Waals surface area (Å²) in [5.41, 5.74) is 0. The van der Waals surface area contributed by atoms with Crippen molar-refractivity contribution in [2.75, 3.05) is 12.5 Å². The van der Waals surface area contributed by atoms with E-state index in [0.29, 0.717) is 11.8 Å². The van der Waals surface area contributed by atoms with Gasteiger partial charge in [-0.15, -0.1) is 0 Å². The zero-order valence-corrected chi connectivity index (χ0v) is 15.2. The molecule has 1 atom stereocenters. The van der Waals surface area contributed by atoms with Gasteiger partial charge in [-0.2, -0.15) is 12.6 Å². The van der Waals surface area contributed by atoms with Gasteiger partial charge in [0.1, 0.15) is 5.78 Å². The van der Waals surface area contributed by atoms with Crippen molar-refractivity contribution in [2.24, 2.45) is 11.8 Å². The van der Waals surface area contributed by atoms with Gasteiger partial charge in [0.2, 0.25) is 6.79 Å². The first kappa shape index (κ1) is 21.8. The van der Waals surface area contributed by atoms with Crippen LogP contribution in [-0.4, -0.2) is 45.4 Å². The molecule has 0 spiro atoms. The molecule has 0 saturated carbocycles. The van der Waals surface area contributed by atoms with Gasteiger partial charge in [0, 0.05) is 12.2 Å². The molecule has 0 amide bonds. The number of ketones is 1. The van der Waals surface area contributed by atoms with Crippen LogP contribution in [0.2, 0.25) is 0 Å². The molecule has 0 fully saturated rings. The van der Waals surface area contributed by atoms with Crippen LogP contribution in [0.4, 0.5) is 4.79 Å². The number of thiol groups is 1. The van der Waals surface area contributed by atoms with E-state index in [1.54, 1.807) is 27.7 Å². The van der Waals surface area contributed by atoms with E-state index in [1.165, 1.54) is 0 Å². The second-order valence-electron chi connectivity index (χ2n) is 5.66. The zero-order valence-electron chi connectivity index (χ0n) is 13.5. The van der Waals surface area contributed by atoms with E-state index >= 15 is 0 Å². The van der Waals surface area contributed by atoms with E-state index in [0.717, 1.165) is 0 Å². The molecular formula is C14H22O7S2. The topological polar surface area (TPSA) is 107 Å². The molecule has 0 aromatic heterocycles. The first-order valence-electron chi connectivity index (χ1n) is 6.89. The summed E-state index contributed by atoms with van der Waals surface area (Å²) in [5, 5.41) is 8.33. The summed E-state index contributed by atoms with van der Waals surface area (Å²) in [5.74, 6) is -3.50. The summed E-state index contributed by atoms with van der Waals surface area (Å²) in [4.78, 5) is 45.6. The van der Waals surface area contributed by atoms with Crippen molar-refractivity contribution in [2.45, 2.75) is 38.9 Å². The van der Waals surface area contributed by atoms with E-state index in [9.17, 15) is 19.2 Å². The monoisotopic (exact) mass is 366 g/mol. The summed E-state index contributed by atoms with van der Waals surface area (Å²) in [6.07, 6.45) is -0.228. The number of ether oxygens (including phenoxy) is 2. The number of rotatable bonds is 9. The largest absolute Gasteiger partial charge is 0.481 e. The number of thioether (sulfide) groups is 1. The van der Waals surface area contributed by atoms with Crippen LogP contribution in [0, 0.1) is 11.8 Å². The Labute approximate surface area is 144 Å². The molecule has 0 aromatic carbocycles. The summed E-state index contributed by atoms with van der Waals surface area (Å²) >= 11 is 4.71. The van der Waals surface area contributed by atoms with Gasteiger partial charge in [-0.25, -0.2) is 4.79 Å². The van der Waals surface area contributed by atoms with Gasteiger partial charge in [0.05, 0.1) is 16.6 Å². The van der Waals surface area contributed by atoms with Crippen LogP contribution >= 0.6 is 24.4 Å². The van der Waals surface area contributed by atoms with Crippen LogP contribution < -0.4 is 0 Å². The highest BCUT2D eigenvalue weighted by atomic mass is 32.2. The fourth-order valence-corrected chi connectivity index (χ4v) is 2.02. The number of carboxylic acids is 1. The van der Waals surface area contributed by atoms with Crippen LogP contribution in [0.15, 0.2) is 0 Å². The molecule has 0 aliphatic carbocycles. The SMILES string of the molecule is CC(C)C(=O)OCOC(=O)SC[C@H](CC(=O)C(C)(C)S)C(=O)O. The van der Waals surface area contributed by atoms with E-state index in [2.05, 4.69) is 22.1 Å². The van der Waals surface area contributed by atoms with Gasteiger partial charge in [0.25, 0.3) is 0 Å². The van der Waals surface area contributed by atoms with Crippen molar-refractivity contribution >= 4 is 47.4 Å². The van der Waals surface area contributed by atoms with E-state index in [4.69, 9.17) is 5.11 Å². The second kappa shape index (κ2) is 9.82. The Bertz CT molecular complexity index is 455. The van der Waals surface area contributed by atoms with Crippen LogP contribution in [0.3, 0.4) is 0 Å². The summed E-state index contributed by atoms with van der Waals surface area (Å²) in [6.45, 7) is 5.89. The van der Waals surface area contributed by atoms with Crippen molar-refractivity contribution in [3.8, 4) is 0 Å². The van der Waals surface area contributed by atoms with Gasteiger partial charge in [0.15, 0.2) is 0 Å². The van der Waals surface area contributed by atoms with Crippen molar-refractivity contribution < 1.29 is 33.8 Å². The molecule has 0 unspecified atom stereocenters. The van der Waals surface area contributed by atoms with E-state index < -0.39 is 34.7 Å². The number of carboxylic acid groups (broad SMARTS) is 1. The number of carbonyl (C=O) groups is 4. The average Bonchev–Trinajstić information content (AvgIpc) is 2.41. The van der Waals surface area contributed by atoms with E-state index in [1.807, 2.05) is 0 Å². The number of hydrogen-bond donors (Lipinski definition) is 2. The fourth-order valence-electron chi connectivity index (χ4n) is 1.20. The highest BCUT2D eigenvalue weighted by molar-refractivity contribution is 8.13. The van der Waals surface area contributed by atoms with E-state index in [-0.39, 0.29) is 23.9 Å². The molecule has 0 heterocycles. The maximum atomic E-state index is 11.8. The predicted octanol–water partition coefficient (Wildman–Crippen LogP) is 2.38. The van der Waals surface area contributed by atoms with Crippen LogP contribution in [-0.2, 0) is 23.9 Å². The van der Waals surface area contributed by atoms with Gasteiger partial charge in [-0.3, -0.25) is 14.4 Å². The molecule has 23 heavy (non-hydrogen) atoms. The highest BCUT2D eigenvalue weighted by Gasteiger charge is 2.29. The normalized spacial score (nSPS) is 12.6. The minimum Gasteiger partial charge on any atom is -0.481 e. The Hall–Kier alpha value is -1.22. The minimum absolute atomic E-state index is 0.123. The Morgan fingerprint density at radius 3 is 2.17 bits per heavy atom. The molecule has 0 aromatic rings. The lowest BCUT2D eigenvalue weighted by Gasteiger charge is -2.18. The first-order valence-corrected chi connectivity index (χ1v) is 8.33. The third-order valence-corrected chi connectivity index (χ3v) is 3.89. The van der Waals surface area contributed by atoms with Gasteiger partial charge in [-0.05, 0) is 25.6 Å². The molecule has 0 radical (unpaired) electrons. The molecule has 0 bridgehead atoms. The predicted molar refractivity (Wildman–Crippen MR) is 88.6 cm³/mol. The Kier molecular flexibility index (Phi) is 9.29. The zero-order chi connectivity index (χ0) is 18.2. The summed E-state index contributed by atoms with van der Waals surface area (Å²) in [6, 6.07) is 0. The maximum absolute atomic E-state index is 11.8. The molecule has 0 aliphatic heterocycles. The number of hydrogen-bond acceptors (Lipinski definition) is 8. The summed E-state index contributed by atoms with van der Waals surface area (Å²) < 4.78 is 8.37. The average molecular weight is 366 g/mol. The molecule has 132 valence electrons. The Morgan fingerprint density at radius 2 is 1.74 bits per heavy atom. The number of aliphatic carboxylic acids is 1. The van der Waals surface area contributed by atoms with Crippen LogP contribution in [0.25, 0.3) is 0 Å². The lowest BCUT2D eigenvalue weighted by molar-refractivity contribution is -0.155. The van der Waals surface area contributed by atoms with Crippen LogP contribution in [0.1, 0.15) is 34.1 Å². The molecule has 0 rings (SSSR count). The molecule has 9 heteroatoms. The standard InChI is InChI=1S/C14H22O7S2/c1-8(2)12(18)20-7-21-13(19)23-6-9(11(16)17)5-10(15)14(3,4)22/h8-9,22H,5-7H2,1-4H3,(H,16,17)/t9-/m0/s1. The Balaban J connectivity index is 4.27. The minimum atomic E-state index is -1.18. The van der Waals surface area contributed by atoms with Crippen molar-refractivity contribution in [1.82, 2.24) is 0 Å². The highest BCUT2D eigenvalue weighted by Crippen LogP contribution is 2.22. The lowest BCUT2D eigenvalue weighted by Crippen LogP contribution is -2.30. The third kappa shape index (κ3) is 9.50. The van der Waals surface area contributed by atoms with Crippen molar-refractivity contribution in [1.29, 1.82) is 0 Å². The molecule has 1 N–H and O–H groups in total. The lowest BCUT2D eigenvalue weighted by atomic mass is 9.97. The molecule has 7 nitrogen and oxygen atoms in total. The second-order valence-corrected chi connectivity index (χ2v) is 7.74. The summed E-state index contributed by atoms with van der Waals surface area (Å²) in [7, 11) is 0. The van der Waals surface area contributed by atoms with Gasteiger partial charge in [-0.1, -0.05) is 13.8 Å². The van der Waals surface area contributed by atoms with Crippen LogP contribution in [0.5, 0.6) is 0 Å². The third-order valence-electron chi connectivity index (χ3n) is 2.72. The first-order chi connectivity index (χ1) is 10.4. The molecular weight excluding hydrogens is 344 g/mol. The van der Waals surface area contributed by atoms with Gasteiger partial charge < -0.3 is 14.6 Å². The fraction of sp³-hybridized carbons (Fsp3) is 0.714. The van der Waals surface area contributed by atoms with Gasteiger partial charge >= 0.3 is 17.2 Å². The van der Waals surface area contributed by atoms with Crippen molar-refractivity contribution in [3.63, 3.8) is 0 Å². The molecule has 0 saturated heterocycles. The molecule has 0 aliphatic rings. The quantitative estimate of drug-likeness (QED) is 0.364.